The number of benzene rings is 1. The molecule has 17 heavy (non-hydrogen) atoms. The molecule has 0 saturated heterocycles. The lowest BCUT2D eigenvalue weighted by molar-refractivity contribution is -0.119. The molecule has 4 nitrogen and oxygen atoms in total. The van der Waals surface area contributed by atoms with E-state index in [0.29, 0.717) is 18.5 Å². The number of hydrogen-bond acceptors (Lipinski definition) is 3. The third kappa shape index (κ3) is 3.03. The number of rotatable bonds is 5. The molecule has 0 bridgehead atoms. The second-order valence-corrected chi connectivity index (χ2v) is 3.48. The Kier molecular flexibility index (Phi) is 4.63. The minimum absolute atomic E-state index is 0.0155. The number of amides is 1. The molecule has 5 heteroatoms. The molecule has 0 spiro atoms. The Morgan fingerprint density at radius 2 is 2.24 bits per heavy atom. The zero-order chi connectivity index (χ0) is 12.8. The van der Waals surface area contributed by atoms with Crippen molar-refractivity contribution in [2.75, 3.05) is 25.0 Å². The van der Waals surface area contributed by atoms with E-state index in [1.165, 1.54) is 19.2 Å². The number of carbonyl (C=O) groups excluding carboxylic acids is 2. The number of nitrogens with one attached hydrogen (secondary N) is 1. The number of nitrogens with zero attached hydrogens (tertiary/aromatic N) is 1. The molecule has 0 aliphatic heterocycles. The van der Waals surface area contributed by atoms with Gasteiger partial charge in [0, 0.05) is 13.6 Å². The Morgan fingerprint density at radius 1 is 1.53 bits per heavy atom. The van der Waals surface area contributed by atoms with Gasteiger partial charge >= 0.3 is 0 Å². The van der Waals surface area contributed by atoms with Crippen molar-refractivity contribution in [2.45, 2.75) is 6.92 Å². The molecule has 0 atom stereocenters. The Morgan fingerprint density at radius 3 is 2.76 bits per heavy atom. The maximum Gasteiger partial charge on any atom is 0.239 e. The Bertz CT molecular complexity index is 421. The van der Waals surface area contributed by atoms with Gasteiger partial charge in [0.1, 0.15) is 5.82 Å². The molecule has 0 aromatic heterocycles. The van der Waals surface area contributed by atoms with Crippen molar-refractivity contribution in [3.8, 4) is 0 Å². The van der Waals surface area contributed by atoms with Crippen LogP contribution < -0.4 is 10.2 Å². The Balaban J connectivity index is 3.07. The zero-order valence-electron chi connectivity index (χ0n) is 9.87. The van der Waals surface area contributed by atoms with Crippen molar-refractivity contribution in [3.05, 3.63) is 29.6 Å². The van der Waals surface area contributed by atoms with Gasteiger partial charge in [-0.15, -0.1) is 0 Å². The first-order valence-electron chi connectivity index (χ1n) is 5.33. The number of carbonyl (C=O) groups is 2. The number of anilines is 1. The summed E-state index contributed by atoms with van der Waals surface area (Å²) in [5.41, 5.74) is 0.421. The van der Waals surface area contributed by atoms with Crippen molar-refractivity contribution in [1.82, 2.24) is 5.32 Å². The predicted octanol–water partition coefficient (Wildman–Crippen LogP) is 1.21. The summed E-state index contributed by atoms with van der Waals surface area (Å²) in [6.07, 6.45) is 0.469. The van der Waals surface area contributed by atoms with Gasteiger partial charge in [-0.25, -0.2) is 4.39 Å². The predicted molar refractivity (Wildman–Crippen MR) is 63.7 cm³/mol. The highest BCUT2D eigenvalue weighted by Crippen LogP contribution is 2.21. The van der Waals surface area contributed by atoms with Crippen molar-refractivity contribution < 1.29 is 14.0 Å². The second-order valence-electron chi connectivity index (χ2n) is 3.48. The molecular weight excluding hydrogens is 223 g/mol. The van der Waals surface area contributed by atoms with Crippen LogP contribution in [0, 0.1) is 5.82 Å². The maximum absolute atomic E-state index is 13.4. The van der Waals surface area contributed by atoms with E-state index < -0.39 is 5.82 Å². The van der Waals surface area contributed by atoms with Gasteiger partial charge in [0.2, 0.25) is 5.91 Å². The molecule has 1 aromatic carbocycles. The average molecular weight is 238 g/mol. The normalized spacial score (nSPS) is 9.82. The van der Waals surface area contributed by atoms with Crippen LogP contribution in [0.15, 0.2) is 18.2 Å². The summed E-state index contributed by atoms with van der Waals surface area (Å²) < 4.78 is 13.4. The van der Waals surface area contributed by atoms with Crippen molar-refractivity contribution in [2.24, 2.45) is 0 Å². The van der Waals surface area contributed by atoms with E-state index in [1.807, 2.05) is 6.92 Å². The molecule has 0 heterocycles. The zero-order valence-corrected chi connectivity index (χ0v) is 9.87. The smallest absolute Gasteiger partial charge is 0.239 e. The fourth-order valence-corrected chi connectivity index (χ4v) is 1.54. The second kappa shape index (κ2) is 5.98. The molecule has 1 aromatic rings. The van der Waals surface area contributed by atoms with Gasteiger partial charge in [-0.2, -0.15) is 0 Å². The average Bonchev–Trinajstić information content (AvgIpc) is 2.35. The van der Waals surface area contributed by atoms with Gasteiger partial charge in [0.05, 0.1) is 17.8 Å². The number of likely N-dealkylation sites (N-methyl/N-ethyl adjacent to an activating group) is 2. The Labute approximate surface area is 99.4 Å². The van der Waals surface area contributed by atoms with Crippen molar-refractivity contribution in [3.63, 3.8) is 0 Å². The highest BCUT2D eigenvalue weighted by molar-refractivity contribution is 5.88. The van der Waals surface area contributed by atoms with Crippen LogP contribution in [0.25, 0.3) is 0 Å². The topological polar surface area (TPSA) is 49.4 Å². The van der Waals surface area contributed by atoms with E-state index in [1.54, 1.807) is 11.0 Å². The fraction of sp³-hybridized carbons (Fsp3) is 0.333. The molecule has 0 aliphatic carbocycles. The molecule has 1 N–H and O–H groups in total. The summed E-state index contributed by atoms with van der Waals surface area (Å²) in [4.78, 5) is 23.8. The first kappa shape index (κ1) is 13.2. The quantitative estimate of drug-likeness (QED) is 0.784. The van der Waals surface area contributed by atoms with Crippen LogP contribution in [0.1, 0.15) is 17.3 Å². The summed E-state index contributed by atoms with van der Waals surface area (Å²) in [5, 5.41) is 2.49. The number of hydrogen-bond donors (Lipinski definition) is 1. The summed E-state index contributed by atoms with van der Waals surface area (Å²) in [6.45, 7) is 2.44. The third-order valence-corrected chi connectivity index (χ3v) is 2.48. The lowest BCUT2D eigenvalue weighted by Crippen LogP contribution is -2.36. The molecule has 1 amide bonds. The third-order valence-electron chi connectivity index (χ3n) is 2.48. The van der Waals surface area contributed by atoms with Gasteiger partial charge in [-0.3, -0.25) is 9.59 Å². The van der Waals surface area contributed by atoms with Crippen molar-refractivity contribution in [1.29, 1.82) is 0 Å². The minimum Gasteiger partial charge on any atom is -0.362 e. The molecule has 1 rings (SSSR count). The molecule has 0 fully saturated rings. The van der Waals surface area contributed by atoms with E-state index in [-0.39, 0.29) is 18.0 Å². The number of halogens is 1. The molecule has 0 saturated carbocycles. The maximum atomic E-state index is 13.4. The fourth-order valence-electron chi connectivity index (χ4n) is 1.54. The summed E-state index contributed by atoms with van der Waals surface area (Å²) in [6, 6.07) is 4.37. The minimum atomic E-state index is -0.576. The monoisotopic (exact) mass is 238 g/mol. The molecule has 0 radical (unpaired) electrons. The standard InChI is InChI=1S/C12H15FN2O2/c1-3-15(7-12(17)14-2)11-6-4-5-10(13)9(11)8-16/h4-6,8H,3,7H2,1-2H3,(H,14,17). The van der Waals surface area contributed by atoms with Crippen LogP contribution in [0.4, 0.5) is 10.1 Å². The van der Waals surface area contributed by atoms with Crippen LogP contribution in [0.2, 0.25) is 0 Å². The first-order valence-corrected chi connectivity index (χ1v) is 5.33. The highest BCUT2D eigenvalue weighted by Gasteiger charge is 2.15. The van der Waals surface area contributed by atoms with E-state index >= 15 is 0 Å². The summed E-state index contributed by atoms with van der Waals surface area (Å²) in [5.74, 6) is -0.763. The lowest BCUT2D eigenvalue weighted by atomic mass is 10.1. The molecule has 0 aliphatic rings. The number of aldehydes is 1. The van der Waals surface area contributed by atoms with Crippen molar-refractivity contribution >= 4 is 17.9 Å². The summed E-state index contributed by atoms with van der Waals surface area (Å²) in [7, 11) is 1.53. The van der Waals surface area contributed by atoms with Gasteiger partial charge in [-0.1, -0.05) is 6.07 Å². The van der Waals surface area contributed by atoms with Gasteiger partial charge in [0.25, 0.3) is 0 Å². The largest absolute Gasteiger partial charge is 0.362 e. The van der Waals surface area contributed by atoms with E-state index in [0.717, 1.165) is 0 Å². The van der Waals surface area contributed by atoms with Crippen LogP contribution in [-0.4, -0.2) is 32.3 Å². The van der Waals surface area contributed by atoms with Crippen LogP contribution in [0.5, 0.6) is 0 Å². The van der Waals surface area contributed by atoms with Crippen LogP contribution in [-0.2, 0) is 4.79 Å². The molecule has 0 unspecified atom stereocenters. The van der Waals surface area contributed by atoms with Gasteiger partial charge in [-0.05, 0) is 19.1 Å². The van der Waals surface area contributed by atoms with E-state index in [2.05, 4.69) is 5.32 Å². The Hall–Kier alpha value is -1.91. The highest BCUT2D eigenvalue weighted by atomic mass is 19.1. The SMILES string of the molecule is CCN(CC(=O)NC)c1cccc(F)c1C=O. The van der Waals surface area contributed by atoms with Crippen LogP contribution in [0.3, 0.4) is 0 Å². The van der Waals surface area contributed by atoms with E-state index in [4.69, 9.17) is 0 Å². The van der Waals surface area contributed by atoms with Gasteiger partial charge in [0.15, 0.2) is 6.29 Å². The first-order chi connectivity index (χ1) is 8.13. The molecular formula is C12H15FN2O2. The lowest BCUT2D eigenvalue weighted by Gasteiger charge is -2.23. The van der Waals surface area contributed by atoms with E-state index in [9.17, 15) is 14.0 Å². The van der Waals surface area contributed by atoms with Crippen LogP contribution >= 0.6 is 0 Å². The summed E-state index contributed by atoms with van der Waals surface area (Å²) >= 11 is 0. The van der Waals surface area contributed by atoms with Gasteiger partial charge < -0.3 is 10.2 Å². The molecule has 92 valence electrons.